The summed E-state index contributed by atoms with van der Waals surface area (Å²) in [5.41, 5.74) is 15.4. The smallest absolute Gasteiger partial charge is 0.182 e. The van der Waals surface area contributed by atoms with E-state index in [0.29, 0.717) is 5.82 Å². The molecule has 0 saturated carbocycles. The molecule has 1 aliphatic carbocycles. The highest BCUT2D eigenvalue weighted by Gasteiger charge is 2.50. The van der Waals surface area contributed by atoms with Gasteiger partial charge >= 0.3 is 0 Å². The molecular formula is C46H28N4. The first-order chi connectivity index (χ1) is 24.8. The van der Waals surface area contributed by atoms with Crippen LogP contribution >= 0.6 is 0 Å². The van der Waals surface area contributed by atoms with Crippen molar-refractivity contribution in [2.24, 2.45) is 0 Å². The Morgan fingerprint density at radius 3 is 1.80 bits per heavy atom. The first kappa shape index (κ1) is 27.3. The number of rotatable bonds is 3. The van der Waals surface area contributed by atoms with Gasteiger partial charge in [0.15, 0.2) is 5.82 Å². The first-order valence-electron chi connectivity index (χ1n) is 17.1. The van der Waals surface area contributed by atoms with Crippen LogP contribution in [-0.2, 0) is 5.41 Å². The lowest BCUT2D eigenvalue weighted by atomic mass is 9.65. The maximum absolute atomic E-state index is 5.26. The van der Waals surface area contributed by atoms with Gasteiger partial charge in [-0.2, -0.15) is 0 Å². The number of hydrogen-bond donors (Lipinski definition) is 0. The van der Waals surface area contributed by atoms with Crippen molar-refractivity contribution < 1.29 is 0 Å². The highest BCUT2D eigenvalue weighted by atomic mass is 15.2. The molecule has 9 aromatic rings. The van der Waals surface area contributed by atoms with Gasteiger partial charge in [0, 0.05) is 27.5 Å². The topological polar surface area (TPSA) is 43.6 Å². The summed E-state index contributed by atoms with van der Waals surface area (Å²) in [5.74, 6) is 0.604. The summed E-state index contributed by atoms with van der Waals surface area (Å²) in [6, 6.07) is 60.9. The number of para-hydroxylation sites is 2. The highest BCUT2D eigenvalue weighted by Crippen LogP contribution is 2.61. The zero-order chi connectivity index (χ0) is 32.8. The van der Waals surface area contributed by atoms with Crippen molar-refractivity contribution in [1.82, 2.24) is 19.7 Å². The largest absolute Gasteiger partial charge is 0.309 e. The summed E-state index contributed by atoms with van der Waals surface area (Å²) in [6.45, 7) is 0. The molecule has 7 aromatic carbocycles. The Hall–Kier alpha value is -6.65. The molecule has 1 spiro atoms. The van der Waals surface area contributed by atoms with E-state index in [-0.39, 0.29) is 0 Å². The molecule has 232 valence electrons. The molecular weight excluding hydrogens is 609 g/mol. The molecule has 0 unspecified atom stereocenters. The van der Waals surface area contributed by atoms with Crippen molar-refractivity contribution >= 4 is 21.8 Å². The SMILES string of the molecule is c1ccc(-c2nnc(-c3ccccc3)c(-c3ccc4c(c3)-n3c5ccccc5c5cccc(c53)C43c4ccccc4-c4ccccc43)n2)cc1. The maximum atomic E-state index is 5.26. The summed E-state index contributed by atoms with van der Waals surface area (Å²) < 4.78 is 2.49. The molecule has 3 heterocycles. The summed E-state index contributed by atoms with van der Waals surface area (Å²) in [6.07, 6.45) is 0. The van der Waals surface area contributed by atoms with Gasteiger partial charge in [-0.1, -0.05) is 158 Å². The lowest BCUT2D eigenvalue weighted by Gasteiger charge is -2.39. The van der Waals surface area contributed by atoms with Crippen LogP contribution in [0, 0.1) is 0 Å². The Balaban J connectivity index is 1.28. The van der Waals surface area contributed by atoms with Gasteiger partial charge in [-0.15, -0.1) is 10.2 Å². The quantitative estimate of drug-likeness (QED) is 0.194. The lowest BCUT2D eigenvalue weighted by Crippen LogP contribution is -2.33. The van der Waals surface area contributed by atoms with Crippen LogP contribution in [0.4, 0.5) is 0 Å². The second-order valence-electron chi connectivity index (χ2n) is 13.2. The maximum Gasteiger partial charge on any atom is 0.182 e. The molecule has 0 atom stereocenters. The predicted octanol–water partition coefficient (Wildman–Crippen LogP) is 10.6. The minimum Gasteiger partial charge on any atom is -0.309 e. The van der Waals surface area contributed by atoms with E-state index in [1.807, 2.05) is 48.5 Å². The van der Waals surface area contributed by atoms with Crippen LogP contribution in [0.1, 0.15) is 22.3 Å². The van der Waals surface area contributed by atoms with Crippen molar-refractivity contribution in [3.63, 3.8) is 0 Å². The second-order valence-corrected chi connectivity index (χ2v) is 13.2. The van der Waals surface area contributed by atoms with Gasteiger partial charge in [0.2, 0.25) is 0 Å². The molecule has 0 radical (unpaired) electrons. The van der Waals surface area contributed by atoms with Gasteiger partial charge in [0.25, 0.3) is 0 Å². The molecule has 0 fully saturated rings. The molecule has 2 aliphatic rings. The van der Waals surface area contributed by atoms with Crippen LogP contribution in [0.15, 0.2) is 170 Å². The van der Waals surface area contributed by atoms with Crippen LogP contribution in [0.3, 0.4) is 0 Å². The third-order valence-corrected chi connectivity index (χ3v) is 10.7. The monoisotopic (exact) mass is 636 g/mol. The summed E-state index contributed by atoms with van der Waals surface area (Å²) in [5, 5.41) is 12.0. The van der Waals surface area contributed by atoms with E-state index in [2.05, 4.69) is 131 Å². The molecule has 0 amide bonds. The van der Waals surface area contributed by atoms with Crippen LogP contribution in [0.2, 0.25) is 0 Å². The van der Waals surface area contributed by atoms with Crippen LogP contribution in [0.5, 0.6) is 0 Å². The van der Waals surface area contributed by atoms with Gasteiger partial charge < -0.3 is 4.57 Å². The molecule has 4 nitrogen and oxygen atoms in total. The third-order valence-electron chi connectivity index (χ3n) is 10.7. The molecule has 4 heteroatoms. The number of aromatic nitrogens is 4. The Morgan fingerprint density at radius 1 is 0.420 bits per heavy atom. The molecule has 11 rings (SSSR count). The molecule has 2 aromatic heterocycles. The van der Waals surface area contributed by atoms with E-state index in [9.17, 15) is 0 Å². The van der Waals surface area contributed by atoms with Crippen molar-refractivity contribution in [1.29, 1.82) is 0 Å². The average Bonchev–Trinajstić information content (AvgIpc) is 3.69. The predicted molar refractivity (Wildman–Crippen MR) is 201 cm³/mol. The van der Waals surface area contributed by atoms with E-state index in [4.69, 9.17) is 10.1 Å². The van der Waals surface area contributed by atoms with Gasteiger partial charge in [-0.05, 0) is 45.5 Å². The molecule has 1 aliphatic heterocycles. The second kappa shape index (κ2) is 10.2. The number of nitrogens with zero attached hydrogens (tertiary/aromatic N) is 4. The van der Waals surface area contributed by atoms with Crippen LogP contribution in [0.25, 0.3) is 72.5 Å². The Kier molecular flexibility index (Phi) is 5.56. The fraction of sp³-hybridized carbons (Fsp3) is 0.0217. The summed E-state index contributed by atoms with van der Waals surface area (Å²) in [4.78, 5) is 5.26. The summed E-state index contributed by atoms with van der Waals surface area (Å²) >= 11 is 0. The first-order valence-corrected chi connectivity index (χ1v) is 17.1. The van der Waals surface area contributed by atoms with Gasteiger partial charge in [-0.25, -0.2) is 4.98 Å². The van der Waals surface area contributed by atoms with E-state index in [0.717, 1.165) is 33.8 Å². The van der Waals surface area contributed by atoms with E-state index in [1.54, 1.807) is 0 Å². The zero-order valence-corrected chi connectivity index (χ0v) is 27.0. The van der Waals surface area contributed by atoms with Gasteiger partial charge in [-0.3, -0.25) is 0 Å². The molecule has 0 saturated heterocycles. The van der Waals surface area contributed by atoms with Crippen LogP contribution < -0.4 is 0 Å². The van der Waals surface area contributed by atoms with Crippen molar-refractivity contribution in [2.45, 2.75) is 5.41 Å². The third kappa shape index (κ3) is 3.52. The number of fused-ring (bicyclic) bond motifs is 12. The van der Waals surface area contributed by atoms with E-state index >= 15 is 0 Å². The minimum atomic E-state index is -0.494. The standard InChI is InChI=1S/C46H28N4/c1-3-14-29(15-4-1)43-42(47-45(49-48-43)30-16-5-2-6-17-30)31-26-27-38-41(28-31)50-40-25-12-9-20-34(40)35-21-13-24-39(44(35)50)46(38)36-22-10-7-18-32(36)33-19-8-11-23-37(33)46/h1-28H. The van der Waals surface area contributed by atoms with Crippen LogP contribution in [-0.4, -0.2) is 19.7 Å². The Bertz CT molecular complexity index is 2770. The highest BCUT2D eigenvalue weighted by molar-refractivity contribution is 6.13. The van der Waals surface area contributed by atoms with Gasteiger partial charge in [0.1, 0.15) is 11.4 Å². The fourth-order valence-corrected chi connectivity index (χ4v) is 8.74. The van der Waals surface area contributed by atoms with Crippen molar-refractivity contribution in [3.8, 4) is 50.7 Å². The molecule has 0 N–H and O–H groups in total. The van der Waals surface area contributed by atoms with E-state index in [1.165, 1.54) is 55.2 Å². The van der Waals surface area contributed by atoms with Crippen molar-refractivity contribution in [3.05, 3.63) is 192 Å². The molecule has 50 heavy (non-hydrogen) atoms. The normalized spacial score (nSPS) is 13.4. The number of hydrogen-bond acceptors (Lipinski definition) is 3. The fourth-order valence-electron chi connectivity index (χ4n) is 8.74. The van der Waals surface area contributed by atoms with E-state index < -0.39 is 5.41 Å². The Labute approximate surface area is 289 Å². The van der Waals surface area contributed by atoms with Crippen molar-refractivity contribution in [2.75, 3.05) is 0 Å². The lowest BCUT2D eigenvalue weighted by molar-refractivity contribution is 0.748. The Morgan fingerprint density at radius 2 is 1.04 bits per heavy atom. The average molecular weight is 637 g/mol. The minimum absolute atomic E-state index is 0.494. The zero-order valence-electron chi connectivity index (χ0n) is 27.0. The number of benzene rings is 7. The van der Waals surface area contributed by atoms with Gasteiger partial charge in [0.05, 0.1) is 22.1 Å². The summed E-state index contributed by atoms with van der Waals surface area (Å²) in [7, 11) is 0. The molecule has 0 bridgehead atoms.